The number of benzene rings is 1. The van der Waals surface area contributed by atoms with Gasteiger partial charge in [0.25, 0.3) is 5.56 Å². The van der Waals surface area contributed by atoms with Gasteiger partial charge in [-0.15, -0.1) is 0 Å². The zero-order valence-corrected chi connectivity index (χ0v) is 19.4. The molecule has 0 amide bonds. The van der Waals surface area contributed by atoms with Crippen molar-refractivity contribution in [2.24, 2.45) is 17.1 Å². The Morgan fingerprint density at radius 1 is 1.27 bits per heavy atom. The van der Waals surface area contributed by atoms with Crippen LogP contribution < -0.4 is 16.2 Å². The summed E-state index contributed by atoms with van der Waals surface area (Å²) < 4.78 is 1.60. The summed E-state index contributed by atoms with van der Waals surface area (Å²) in [6.07, 6.45) is 5.07. The zero-order valence-electron chi connectivity index (χ0n) is 17.9. The summed E-state index contributed by atoms with van der Waals surface area (Å²) in [5, 5.41) is 0.794. The quantitative estimate of drug-likeness (QED) is 0.735. The minimum Gasteiger partial charge on any atom is -0.356 e. The SMILES string of the molecule is CCc1nc(N2CCC3(CC2)C[C@H](C)C[C@H]3N)c(C)c(=O)n1-c1cccc(Cl)c1Cl. The van der Waals surface area contributed by atoms with Crippen molar-refractivity contribution in [3.63, 3.8) is 0 Å². The molecule has 1 aromatic carbocycles. The molecule has 1 saturated carbocycles. The van der Waals surface area contributed by atoms with Gasteiger partial charge in [0.05, 0.1) is 21.3 Å². The second-order valence-electron chi connectivity index (χ2n) is 9.04. The molecule has 1 aliphatic heterocycles. The molecule has 2 N–H and O–H groups in total. The van der Waals surface area contributed by atoms with Crippen LogP contribution in [0.1, 0.15) is 50.9 Å². The van der Waals surface area contributed by atoms with Crippen LogP contribution >= 0.6 is 23.2 Å². The molecule has 2 fully saturated rings. The van der Waals surface area contributed by atoms with Crippen LogP contribution in [-0.2, 0) is 6.42 Å². The number of hydrogen-bond donors (Lipinski definition) is 1. The van der Waals surface area contributed by atoms with Crippen molar-refractivity contribution in [3.05, 3.63) is 50.0 Å². The summed E-state index contributed by atoms with van der Waals surface area (Å²) in [5.41, 5.74) is 7.90. The molecular weight excluding hydrogens is 419 g/mol. The molecule has 1 aliphatic carbocycles. The zero-order chi connectivity index (χ0) is 21.6. The summed E-state index contributed by atoms with van der Waals surface area (Å²) in [5.74, 6) is 2.18. The van der Waals surface area contributed by atoms with Crippen LogP contribution in [0.3, 0.4) is 0 Å². The van der Waals surface area contributed by atoms with Crippen LogP contribution in [0, 0.1) is 18.3 Å². The third-order valence-electron chi connectivity index (χ3n) is 7.10. The van der Waals surface area contributed by atoms with Gasteiger partial charge in [-0.05, 0) is 56.1 Å². The molecule has 2 atom stereocenters. The predicted octanol–water partition coefficient (Wildman–Crippen LogP) is 4.75. The summed E-state index contributed by atoms with van der Waals surface area (Å²) in [6, 6.07) is 5.61. The van der Waals surface area contributed by atoms with Gasteiger partial charge in [0.15, 0.2) is 0 Å². The van der Waals surface area contributed by atoms with Crippen molar-refractivity contribution in [1.82, 2.24) is 9.55 Å². The van der Waals surface area contributed by atoms with Crippen LogP contribution in [0.15, 0.2) is 23.0 Å². The first kappa shape index (κ1) is 21.7. The fourth-order valence-electron chi connectivity index (χ4n) is 5.45. The third kappa shape index (κ3) is 3.55. The Morgan fingerprint density at radius 2 is 1.97 bits per heavy atom. The maximum absolute atomic E-state index is 13.4. The van der Waals surface area contributed by atoms with Gasteiger partial charge in [-0.25, -0.2) is 4.98 Å². The van der Waals surface area contributed by atoms with E-state index in [-0.39, 0.29) is 17.0 Å². The van der Waals surface area contributed by atoms with Crippen molar-refractivity contribution in [2.45, 2.75) is 58.9 Å². The smallest absolute Gasteiger partial charge is 0.263 e. The maximum atomic E-state index is 13.4. The first-order valence-corrected chi connectivity index (χ1v) is 11.6. The molecule has 162 valence electrons. The fourth-order valence-corrected chi connectivity index (χ4v) is 5.83. The van der Waals surface area contributed by atoms with E-state index in [0.717, 1.165) is 38.2 Å². The monoisotopic (exact) mass is 448 g/mol. The molecule has 5 nitrogen and oxygen atoms in total. The number of nitrogens with two attached hydrogens (primary N) is 1. The number of aromatic nitrogens is 2. The van der Waals surface area contributed by atoms with E-state index < -0.39 is 0 Å². The molecule has 1 saturated heterocycles. The van der Waals surface area contributed by atoms with E-state index >= 15 is 0 Å². The first-order valence-electron chi connectivity index (χ1n) is 10.8. The highest BCUT2D eigenvalue weighted by Crippen LogP contribution is 2.48. The van der Waals surface area contributed by atoms with Gasteiger partial charge in [0, 0.05) is 25.6 Å². The van der Waals surface area contributed by atoms with Crippen molar-refractivity contribution < 1.29 is 0 Å². The van der Waals surface area contributed by atoms with Gasteiger partial charge in [0.2, 0.25) is 0 Å². The Balaban J connectivity index is 1.69. The van der Waals surface area contributed by atoms with E-state index in [0.29, 0.717) is 39.5 Å². The fraction of sp³-hybridized carbons (Fsp3) is 0.565. The molecule has 0 unspecified atom stereocenters. The van der Waals surface area contributed by atoms with E-state index in [4.69, 9.17) is 33.9 Å². The number of nitrogens with zero attached hydrogens (tertiary/aromatic N) is 3. The average Bonchev–Trinajstić information content (AvgIpc) is 3.00. The largest absolute Gasteiger partial charge is 0.356 e. The molecule has 30 heavy (non-hydrogen) atoms. The van der Waals surface area contributed by atoms with Crippen molar-refractivity contribution in [1.29, 1.82) is 0 Å². The summed E-state index contributed by atoms with van der Waals surface area (Å²) in [4.78, 5) is 20.6. The lowest BCUT2D eigenvalue weighted by molar-refractivity contribution is 0.192. The molecule has 7 heteroatoms. The third-order valence-corrected chi connectivity index (χ3v) is 7.91. The lowest BCUT2D eigenvalue weighted by atomic mass is 9.74. The Hall–Kier alpha value is -1.56. The maximum Gasteiger partial charge on any atom is 0.263 e. The summed E-state index contributed by atoms with van der Waals surface area (Å²) in [6.45, 7) is 7.94. The minimum atomic E-state index is -0.0903. The minimum absolute atomic E-state index is 0.0903. The number of rotatable bonds is 3. The summed E-state index contributed by atoms with van der Waals surface area (Å²) in [7, 11) is 0. The van der Waals surface area contributed by atoms with Gasteiger partial charge in [0.1, 0.15) is 11.6 Å². The molecule has 1 spiro atoms. The van der Waals surface area contributed by atoms with E-state index in [9.17, 15) is 4.79 Å². The van der Waals surface area contributed by atoms with E-state index in [1.54, 1.807) is 16.7 Å². The highest BCUT2D eigenvalue weighted by atomic mass is 35.5. The average molecular weight is 449 g/mol. The molecule has 2 aliphatic rings. The highest BCUT2D eigenvalue weighted by Gasteiger charge is 2.46. The number of halogens is 2. The van der Waals surface area contributed by atoms with Crippen LogP contribution in [0.2, 0.25) is 10.0 Å². The van der Waals surface area contributed by atoms with Crippen LogP contribution in [0.25, 0.3) is 5.69 Å². The Morgan fingerprint density at radius 3 is 2.57 bits per heavy atom. The van der Waals surface area contributed by atoms with Crippen molar-refractivity contribution in [3.8, 4) is 5.69 Å². The van der Waals surface area contributed by atoms with Crippen LogP contribution in [0.5, 0.6) is 0 Å². The molecule has 2 aromatic rings. The molecule has 1 aromatic heterocycles. The standard InChI is InChI=1S/C23H30Cl2N4O/c1-4-19-27-21(28-10-8-23(9-11-28)13-14(2)12-18(23)26)15(3)22(30)29(19)17-7-5-6-16(24)20(17)25/h5-7,14,18H,4,8-13,26H2,1-3H3/t14-,18-/m1/s1. The second-order valence-corrected chi connectivity index (χ2v) is 9.83. The molecule has 0 radical (unpaired) electrons. The normalized spacial score (nSPS) is 23.3. The molecule has 0 bridgehead atoms. The van der Waals surface area contributed by atoms with Crippen LogP contribution in [0.4, 0.5) is 5.82 Å². The number of hydrogen-bond acceptors (Lipinski definition) is 4. The first-order chi connectivity index (χ1) is 14.3. The van der Waals surface area contributed by atoms with E-state index in [1.165, 1.54) is 6.42 Å². The summed E-state index contributed by atoms with van der Waals surface area (Å²) >= 11 is 12.6. The second kappa shape index (κ2) is 8.18. The molecular formula is C23H30Cl2N4O. The van der Waals surface area contributed by atoms with Gasteiger partial charge in [-0.1, -0.05) is 43.1 Å². The predicted molar refractivity (Wildman–Crippen MR) is 124 cm³/mol. The number of piperidine rings is 1. The lowest BCUT2D eigenvalue weighted by Gasteiger charge is -2.43. The molecule has 2 heterocycles. The topological polar surface area (TPSA) is 64.2 Å². The highest BCUT2D eigenvalue weighted by molar-refractivity contribution is 6.43. The van der Waals surface area contributed by atoms with Gasteiger partial charge < -0.3 is 10.6 Å². The van der Waals surface area contributed by atoms with Crippen molar-refractivity contribution >= 4 is 29.0 Å². The van der Waals surface area contributed by atoms with Crippen LogP contribution in [-0.4, -0.2) is 28.7 Å². The lowest BCUT2D eigenvalue weighted by Crippen LogP contribution is -2.47. The van der Waals surface area contributed by atoms with E-state index in [1.807, 2.05) is 19.9 Å². The molecule has 4 rings (SSSR count). The van der Waals surface area contributed by atoms with E-state index in [2.05, 4.69) is 11.8 Å². The van der Waals surface area contributed by atoms with Crippen molar-refractivity contribution in [2.75, 3.05) is 18.0 Å². The Bertz CT molecular complexity index is 1010. The Kier molecular flexibility index (Phi) is 5.90. The van der Waals surface area contributed by atoms with Gasteiger partial charge in [-0.3, -0.25) is 9.36 Å². The van der Waals surface area contributed by atoms with Gasteiger partial charge >= 0.3 is 0 Å². The van der Waals surface area contributed by atoms with Gasteiger partial charge in [-0.2, -0.15) is 0 Å². The number of aryl methyl sites for hydroxylation is 1. The Labute approximate surface area is 188 Å². The number of anilines is 1.